The molecule has 46 valence electrons. The van der Waals surface area contributed by atoms with Gasteiger partial charge in [0.2, 0.25) is 0 Å². The fraction of sp³-hybridized carbons (Fsp3) is 0.143. The Morgan fingerprint density at radius 1 is 1.50 bits per heavy atom. The minimum Gasteiger partial charge on any atom is -0.106 e. The summed E-state index contributed by atoms with van der Waals surface area (Å²) in [6.45, 7) is 11.3. The molecule has 0 bridgehead atoms. The van der Waals surface area contributed by atoms with Crippen LogP contribution >= 0.6 is 11.6 Å². The van der Waals surface area contributed by atoms with Crippen LogP contribution in [-0.4, -0.2) is 0 Å². The van der Waals surface area contributed by atoms with Crippen molar-refractivity contribution in [3.8, 4) is 0 Å². The number of allylic oxidation sites excluding steroid dienone is 3. The third-order valence-corrected chi connectivity index (χ3v) is 0.474. The molecular formula is C7H11Cl. The fourth-order valence-corrected chi connectivity index (χ4v) is 0.307. The second-order valence-electron chi connectivity index (χ2n) is 0.947. The van der Waals surface area contributed by atoms with Crippen molar-refractivity contribution in [2.75, 3.05) is 0 Å². The van der Waals surface area contributed by atoms with Crippen LogP contribution in [0, 0.1) is 0 Å². The predicted molar refractivity (Wildman–Crippen MR) is 41.1 cm³/mol. The van der Waals surface area contributed by atoms with E-state index in [4.69, 9.17) is 11.6 Å². The first-order valence-corrected chi connectivity index (χ1v) is 2.62. The van der Waals surface area contributed by atoms with E-state index in [1.54, 1.807) is 6.08 Å². The van der Waals surface area contributed by atoms with Gasteiger partial charge in [0.05, 0.1) is 0 Å². The van der Waals surface area contributed by atoms with Gasteiger partial charge in [0, 0.05) is 5.03 Å². The summed E-state index contributed by atoms with van der Waals surface area (Å²) in [5.74, 6) is 0. The zero-order valence-corrected chi connectivity index (χ0v) is 5.91. The zero-order chi connectivity index (χ0) is 6.99. The standard InChI is InChI=1S/C5H7Cl.C2H4/c1-3-4-5(2)6;1-2/h3-4H,2H2,1H3;1-2H2/b4-3-;. The van der Waals surface area contributed by atoms with Gasteiger partial charge in [-0.05, 0) is 13.0 Å². The van der Waals surface area contributed by atoms with Gasteiger partial charge in [-0.2, -0.15) is 0 Å². The maximum absolute atomic E-state index is 5.30. The number of hydrogen-bond donors (Lipinski definition) is 0. The van der Waals surface area contributed by atoms with Crippen LogP contribution in [0.1, 0.15) is 6.92 Å². The molecule has 8 heavy (non-hydrogen) atoms. The van der Waals surface area contributed by atoms with Crippen LogP contribution in [0.2, 0.25) is 0 Å². The molecule has 0 saturated carbocycles. The summed E-state index contributed by atoms with van der Waals surface area (Å²) in [6, 6.07) is 0. The quantitative estimate of drug-likeness (QED) is 0.378. The molecule has 0 aliphatic rings. The van der Waals surface area contributed by atoms with E-state index in [9.17, 15) is 0 Å². The molecule has 0 spiro atoms. The highest BCUT2D eigenvalue weighted by atomic mass is 35.5. The lowest BCUT2D eigenvalue weighted by molar-refractivity contribution is 1.73. The minimum atomic E-state index is 0.581. The maximum atomic E-state index is 5.30. The van der Waals surface area contributed by atoms with E-state index in [1.807, 2.05) is 13.0 Å². The average Bonchev–Trinajstić information content (AvgIpc) is 1.72. The van der Waals surface area contributed by atoms with Crippen molar-refractivity contribution in [1.29, 1.82) is 0 Å². The third kappa shape index (κ3) is 17.8. The molecule has 0 radical (unpaired) electrons. The molecule has 0 aliphatic heterocycles. The van der Waals surface area contributed by atoms with Crippen LogP contribution in [0.3, 0.4) is 0 Å². The first-order valence-electron chi connectivity index (χ1n) is 2.24. The van der Waals surface area contributed by atoms with Gasteiger partial charge < -0.3 is 0 Å². The first-order chi connectivity index (χ1) is 3.77. The molecule has 0 amide bonds. The van der Waals surface area contributed by atoms with Gasteiger partial charge in [0.1, 0.15) is 0 Å². The third-order valence-electron chi connectivity index (χ3n) is 0.348. The highest BCUT2D eigenvalue weighted by molar-refractivity contribution is 6.30. The molecule has 0 aromatic heterocycles. The molecule has 0 unspecified atom stereocenters. The van der Waals surface area contributed by atoms with E-state index in [-0.39, 0.29) is 0 Å². The maximum Gasteiger partial charge on any atom is 0.0330 e. The van der Waals surface area contributed by atoms with E-state index in [0.29, 0.717) is 5.03 Å². The van der Waals surface area contributed by atoms with Crippen molar-refractivity contribution in [3.63, 3.8) is 0 Å². The summed E-state index contributed by atoms with van der Waals surface area (Å²) >= 11 is 5.30. The largest absolute Gasteiger partial charge is 0.106 e. The Hall–Kier alpha value is -0.490. The highest BCUT2D eigenvalue weighted by Crippen LogP contribution is 1.95. The summed E-state index contributed by atoms with van der Waals surface area (Å²) in [6.07, 6.45) is 3.58. The second-order valence-corrected chi connectivity index (χ2v) is 1.43. The van der Waals surface area contributed by atoms with Crippen molar-refractivity contribution in [1.82, 2.24) is 0 Å². The Kier molecular flexibility index (Phi) is 12.7. The molecule has 0 N–H and O–H groups in total. The van der Waals surface area contributed by atoms with Crippen molar-refractivity contribution >= 4 is 11.6 Å². The average molecular weight is 131 g/mol. The van der Waals surface area contributed by atoms with Crippen molar-refractivity contribution in [2.45, 2.75) is 6.92 Å². The molecule has 0 atom stereocenters. The summed E-state index contributed by atoms with van der Waals surface area (Å²) in [7, 11) is 0. The van der Waals surface area contributed by atoms with E-state index >= 15 is 0 Å². The van der Waals surface area contributed by atoms with Crippen LogP contribution in [0.25, 0.3) is 0 Å². The van der Waals surface area contributed by atoms with Gasteiger partial charge >= 0.3 is 0 Å². The Morgan fingerprint density at radius 2 is 1.88 bits per heavy atom. The second kappa shape index (κ2) is 9.72. The molecule has 0 rings (SSSR count). The van der Waals surface area contributed by atoms with E-state index in [0.717, 1.165) is 0 Å². The normalized spacial score (nSPS) is 7.75. The lowest BCUT2D eigenvalue weighted by Gasteiger charge is -1.72. The Balaban J connectivity index is 0. The molecule has 0 aromatic rings. The topological polar surface area (TPSA) is 0 Å². The number of rotatable bonds is 1. The molecule has 1 heteroatoms. The molecule has 0 fully saturated rings. The Labute approximate surface area is 56.2 Å². The summed E-state index contributed by atoms with van der Waals surface area (Å²) < 4.78 is 0. The predicted octanol–water partition coefficient (Wildman–Crippen LogP) is 3.12. The Morgan fingerprint density at radius 3 is 1.88 bits per heavy atom. The van der Waals surface area contributed by atoms with E-state index in [2.05, 4.69) is 19.7 Å². The van der Waals surface area contributed by atoms with Crippen LogP contribution in [0.5, 0.6) is 0 Å². The lowest BCUT2D eigenvalue weighted by Crippen LogP contribution is -1.48. The van der Waals surface area contributed by atoms with Crippen molar-refractivity contribution < 1.29 is 0 Å². The molecule has 0 heterocycles. The number of hydrogen-bond acceptors (Lipinski definition) is 0. The molecule has 0 nitrogen and oxygen atoms in total. The van der Waals surface area contributed by atoms with Gasteiger partial charge in [0.15, 0.2) is 0 Å². The van der Waals surface area contributed by atoms with Gasteiger partial charge in [0.25, 0.3) is 0 Å². The Bertz CT molecular complexity index is 82.4. The fourth-order valence-electron chi connectivity index (χ4n) is 0.181. The van der Waals surface area contributed by atoms with Crippen LogP contribution < -0.4 is 0 Å². The summed E-state index contributed by atoms with van der Waals surface area (Å²) in [5, 5.41) is 0.581. The molecular weight excluding hydrogens is 120 g/mol. The SMILES string of the molecule is C=C.C=C(Cl)/C=C\C. The zero-order valence-electron chi connectivity index (χ0n) is 5.15. The van der Waals surface area contributed by atoms with Gasteiger partial charge in [-0.25, -0.2) is 0 Å². The molecule has 0 saturated heterocycles. The summed E-state index contributed by atoms with van der Waals surface area (Å²) in [5.41, 5.74) is 0. The van der Waals surface area contributed by atoms with Crippen molar-refractivity contribution in [3.05, 3.63) is 36.9 Å². The van der Waals surface area contributed by atoms with Crippen LogP contribution in [0.4, 0.5) is 0 Å². The van der Waals surface area contributed by atoms with E-state index < -0.39 is 0 Å². The summed E-state index contributed by atoms with van der Waals surface area (Å²) in [4.78, 5) is 0. The van der Waals surface area contributed by atoms with Gasteiger partial charge in [-0.15, -0.1) is 13.2 Å². The molecule has 0 aromatic carbocycles. The first kappa shape index (κ1) is 10.5. The van der Waals surface area contributed by atoms with Gasteiger partial charge in [-0.1, -0.05) is 24.3 Å². The van der Waals surface area contributed by atoms with Crippen LogP contribution in [-0.2, 0) is 0 Å². The van der Waals surface area contributed by atoms with Gasteiger partial charge in [-0.3, -0.25) is 0 Å². The molecule has 0 aliphatic carbocycles. The van der Waals surface area contributed by atoms with Crippen LogP contribution in [0.15, 0.2) is 36.9 Å². The van der Waals surface area contributed by atoms with Crippen molar-refractivity contribution in [2.24, 2.45) is 0 Å². The minimum absolute atomic E-state index is 0.581. The van der Waals surface area contributed by atoms with E-state index in [1.165, 1.54) is 0 Å². The lowest BCUT2D eigenvalue weighted by atomic mass is 10.5. The number of halogens is 1. The monoisotopic (exact) mass is 130 g/mol. The smallest absolute Gasteiger partial charge is 0.0330 e. The highest BCUT2D eigenvalue weighted by Gasteiger charge is 1.67.